The van der Waals surface area contributed by atoms with Gasteiger partial charge in [-0.25, -0.2) is 0 Å². The van der Waals surface area contributed by atoms with Crippen molar-refractivity contribution in [3.05, 3.63) is 70.7 Å². The van der Waals surface area contributed by atoms with Gasteiger partial charge in [0.15, 0.2) is 0 Å². The summed E-state index contributed by atoms with van der Waals surface area (Å²) in [6, 6.07) is 16.4. The molecule has 0 spiro atoms. The Morgan fingerprint density at radius 1 is 1.00 bits per heavy atom. The van der Waals surface area contributed by atoms with Crippen molar-refractivity contribution in [3.63, 3.8) is 0 Å². The van der Waals surface area contributed by atoms with E-state index in [1.54, 1.807) is 24.0 Å². The Labute approximate surface area is 172 Å². The third kappa shape index (κ3) is 7.01. The molecule has 2 aromatic rings. The monoisotopic (exact) mass is 400 g/mol. The molecule has 4 nitrogen and oxygen atoms in total. The number of hydrogen-bond acceptors (Lipinski definition) is 2. The molecular formula is C23H29ClN2O2. The van der Waals surface area contributed by atoms with E-state index in [0.29, 0.717) is 18.1 Å². The Bertz CT molecular complexity index is 747. The van der Waals surface area contributed by atoms with Gasteiger partial charge in [-0.05, 0) is 36.6 Å². The fourth-order valence-electron chi connectivity index (χ4n) is 2.98. The largest absolute Gasteiger partial charge is 0.354 e. The first-order valence-corrected chi connectivity index (χ1v) is 10.2. The van der Waals surface area contributed by atoms with Crippen molar-refractivity contribution in [2.75, 3.05) is 6.54 Å². The normalized spacial score (nSPS) is 11.7. The summed E-state index contributed by atoms with van der Waals surface area (Å²) in [5.41, 5.74) is 1.88. The van der Waals surface area contributed by atoms with Crippen LogP contribution in [0.25, 0.3) is 0 Å². The first kappa shape index (κ1) is 22.0. The minimum atomic E-state index is -0.548. The number of unbranched alkanes of at least 4 members (excludes halogenated alkanes) is 2. The average Bonchev–Trinajstić information content (AvgIpc) is 2.70. The molecule has 5 heteroatoms. The summed E-state index contributed by atoms with van der Waals surface area (Å²) in [6.45, 7) is 4.92. The Kier molecular flexibility index (Phi) is 9.02. The number of carbonyl (C=O) groups excluding carboxylic acids is 2. The Morgan fingerprint density at radius 2 is 1.68 bits per heavy atom. The minimum Gasteiger partial charge on any atom is -0.354 e. The Morgan fingerprint density at radius 3 is 2.32 bits per heavy atom. The minimum absolute atomic E-state index is 0.0719. The zero-order chi connectivity index (χ0) is 20.4. The summed E-state index contributed by atoms with van der Waals surface area (Å²) in [5.74, 6) is -0.191. The SMILES string of the molecule is CCCCCNC(=O)C(C)N(Cc1ccc(Cl)cc1)C(=O)Cc1ccccc1. The molecule has 2 aromatic carbocycles. The van der Waals surface area contributed by atoms with E-state index in [9.17, 15) is 9.59 Å². The lowest BCUT2D eigenvalue weighted by Gasteiger charge is -2.29. The molecule has 2 amide bonds. The van der Waals surface area contributed by atoms with Crippen LogP contribution in [0.1, 0.15) is 44.2 Å². The average molecular weight is 401 g/mol. The van der Waals surface area contributed by atoms with Crippen molar-refractivity contribution in [1.29, 1.82) is 0 Å². The van der Waals surface area contributed by atoms with Crippen LogP contribution < -0.4 is 5.32 Å². The molecule has 0 saturated heterocycles. The molecule has 28 heavy (non-hydrogen) atoms. The molecule has 0 fully saturated rings. The standard InChI is InChI=1S/C23H29ClN2O2/c1-3-4-8-15-25-23(28)18(2)26(17-20-11-13-21(24)14-12-20)22(27)16-19-9-6-5-7-10-19/h5-7,9-14,18H,3-4,8,15-17H2,1-2H3,(H,25,28). The van der Waals surface area contributed by atoms with Gasteiger partial charge in [0.2, 0.25) is 11.8 Å². The Balaban J connectivity index is 2.10. The zero-order valence-electron chi connectivity index (χ0n) is 16.7. The molecule has 0 aliphatic heterocycles. The second-order valence-corrected chi connectivity index (χ2v) is 7.42. The first-order chi connectivity index (χ1) is 13.5. The highest BCUT2D eigenvalue weighted by molar-refractivity contribution is 6.30. The fraction of sp³-hybridized carbons (Fsp3) is 0.391. The van der Waals surface area contributed by atoms with Gasteiger partial charge in [0.1, 0.15) is 6.04 Å². The van der Waals surface area contributed by atoms with Gasteiger partial charge < -0.3 is 10.2 Å². The van der Waals surface area contributed by atoms with Gasteiger partial charge in [0, 0.05) is 18.1 Å². The second kappa shape index (κ2) is 11.5. The number of hydrogen-bond donors (Lipinski definition) is 1. The molecular weight excluding hydrogens is 372 g/mol. The van der Waals surface area contributed by atoms with Crippen LogP contribution in [0.2, 0.25) is 5.02 Å². The lowest BCUT2D eigenvalue weighted by atomic mass is 10.1. The first-order valence-electron chi connectivity index (χ1n) is 9.86. The summed E-state index contributed by atoms with van der Waals surface area (Å²) in [4.78, 5) is 27.3. The van der Waals surface area contributed by atoms with Gasteiger partial charge >= 0.3 is 0 Å². The fourth-order valence-corrected chi connectivity index (χ4v) is 3.10. The molecule has 0 aliphatic rings. The number of benzene rings is 2. The highest BCUT2D eigenvalue weighted by Crippen LogP contribution is 2.15. The van der Waals surface area contributed by atoms with Crippen molar-refractivity contribution in [3.8, 4) is 0 Å². The summed E-state index contributed by atoms with van der Waals surface area (Å²) in [7, 11) is 0. The number of nitrogens with zero attached hydrogens (tertiary/aromatic N) is 1. The van der Waals surface area contributed by atoms with Crippen LogP contribution in [0, 0.1) is 0 Å². The predicted molar refractivity (Wildman–Crippen MR) is 114 cm³/mol. The van der Waals surface area contributed by atoms with E-state index in [1.165, 1.54) is 0 Å². The summed E-state index contributed by atoms with van der Waals surface area (Å²) < 4.78 is 0. The maximum absolute atomic E-state index is 13.0. The summed E-state index contributed by atoms with van der Waals surface area (Å²) in [5, 5.41) is 3.60. The quantitative estimate of drug-likeness (QED) is 0.592. The van der Waals surface area contributed by atoms with Gasteiger partial charge in [-0.1, -0.05) is 73.8 Å². The molecule has 150 valence electrons. The van der Waals surface area contributed by atoms with Crippen LogP contribution in [-0.2, 0) is 22.6 Å². The van der Waals surface area contributed by atoms with E-state index in [-0.39, 0.29) is 18.2 Å². The number of amides is 2. The van der Waals surface area contributed by atoms with Crippen LogP contribution in [0.3, 0.4) is 0 Å². The van der Waals surface area contributed by atoms with Crippen LogP contribution in [-0.4, -0.2) is 29.3 Å². The van der Waals surface area contributed by atoms with Gasteiger partial charge in [0.05, 0.1) is 6.42 Å². The topological polar surface area (TPSA) is 49.4 Å². The van der Waals surface area contributed by atoms with E-state index in [1.807, 2.05) is 42.5 Å². The lowest BCUT2D eigenvalue weighted by Crippen LogP contribution is -2.48. The van der Waals surface area contributed by atoms with Gasteiger partial charge in [-0.15, -0.1) is 0 Å². The lowest BCUT2D eigenvalue weighted by molar-refractivity contribution is -0.140. The number of halogens is 1. The van der Waals surface area contributed by atoms with Crippen molar-refractivity contribution in [2.24, 2.45) is 0 Å². The van der Waals surface area contributed by atoms with E-state index < -0.39 is 6.04 Å². The van der Waals surface area contributed by atoms with Crippen LogP contribution in [0.15, 0.2) is 54.6 Å². The van der Waals surface area contributed by atoms with Crippen LogP contribution in [0.4, 0.5) is 0 Å². The third-order valence-corrected chi connectivity index (χ3v) is 4.96. The number of carbonyl (C=O) groups is 2. The van der Waals surface area contributed by atoms with Gasteiger partial charge in [0.25, 0.3) is 0 Å². The van der Waals surface area contributed by atoms with Crippen molar-refractivity contribution in [1.82, 2.24) is 10.2 Å². The smallest absolute Gasteiger partial charge is 0.242 e. The second-order valence-electron chi connectivity index (χ2n) is 6.98. The molecule has 1 atom stereocenters. The molecule has 0 aromatic heterocycles. The molecule has 0 saturated carbocycles. The maximum Gasteiger partial charge on any atom is 0.242 e. The number of nitrogens with one attached hydrogen (secondary N) is 1. The molecule has 2 rings (SSSR count). The molecule has 1 unspecified atom stereocenters. The van der Waals surface area contributed by atoms with E-state index in [2.05, 4.69) is 12.2 Å². The summed E-state index contributed by atoms with van der Waals surface area (Å²) in [6.07, 6.45) is 3.39. The molecule has 1 N–H and O–H groups in total. The molecule has 0 heterocycles. The van der Waals surface area contributed by atoms with Crippen molar-refractivity contribution in [2.45, 2.75) is 52.1 Å². The van der Waals surface area contributed by atoms with Crippen molar-refractivity contribution < 1.29 is 9.59 Å². The highest BCUT2D eigenvalue weighted by atomic mass is 35.5. The van der Waals surface area contributed by atoms with E-state index in [4.69, 9.17) is 11.6 Å². The Hall–Kier alpha value is -2.33. The van der Waals surface area contributed by atoms with Crippen LogP contribution in [0.5, 0.6) is 0 Å². The van der Waals surface area contributed by atoms with Gasteiger partial charge in [-0.2, -0.15) is 0 Å². The maximum atomic E-state index is 13.0. The third-order valence-electron chi connectivity index (χ3n) is 4.71. The number of rotatable bonds is 10. The molecule has 0 radical (unpaired) electrons. The van der Waals surface area contributed by atoms with Crippen molar-refractivity contribution >= 4 is 23.4 Å². The van der Waals surface area contributed by atoms with Crippen LogP contribution >= 0.6 is 11.6 Å². The predicted octanol–water partition coefficient (Wildman–Crippen LogP) is 4.61. The van der Waals surface area contributed by atoms with Gasteiger partial charge in [-0.3, -0.25) is 9.59 Å². The zero-order valence-corrected chi connectivity index (χ0v) is 17.4. The molecule has 0 aliphatic carbocycles. The van der Waals surface area contributed by atoms with E-state index in [0.717, 1.165) is 30.4 Å². The molecule has 0 bridgehead atoms. The summed E-state index contributed by atoms with van der Waals surface area (Å²) >= 11 is 5.97. The highest BCUT2D eigenvalue weighted by Gasteiger charge is 2.26. The van der Waals surface area contributed by atoms with E-state index >= 15 is 0 Å².